The number of piperidine rings is 1. The SMILES string of the molecule is N#Cc1cnc2c(Cl)cc(NC(C3=CN(C4CCNCC4)NN3)c3ccc(OC(F)(F)F)cc3)cc2c1Nc1ccc(F)c(Cl)c1. The molecule has 0 spiro atoms. The van der Waals surface area contributed by atoms with Crippen LogP contribution in [0.5, 0.6) is 5.75 Å². The van der Waals surface area contributed by atoms with Crippen molar-refractivity contribution in [1.29, 1.82) is 5.26 Å². The fourth-order valence-electron chi connectivity index (χ4n) is 5.42. The van der Waals surface area contributed by atoms with Crippen LogP contribution < -0.4 is 31.6 Å². The van der Waals surface area contributed by atoms with Crippen LogP contribution in [0.1, 0.15) is 30.0 Å². The molecule has 0 bridgehead atoms. The van der Waals surface area contributed by atoms with Crippen molar-refractivity contribution < 1.29 is 22.3 Å². The van der Waals surface area contributed by atoms with Gasteiger partial charge in [0.1, 0.15) is 17.6 Å². The van der Waals surface area contributed by atoms with E-state index in [2.05, 4.69) is 42.7 Å². The Balaban J connectivity index is 1.39. The molecule has 3 heterocycles. The molecule has 1 fully saturated rings. The van der Waals surface area contributed by atoms with Crippen molar-refractivity contribution in [2.24, 2.45) is 0 Å². The minimum atomic E-state index is -4.82. The second-order valence-corrected chi connectivity index (χ2v) is 11.5. The van der Waals surface area contributed by atoms with Gasteiger partial charge in [-0.15, -0.1) is 18.7 Å². The first-order valence-corrected chi connectivity index (χ1v) is 14.9. The third kappa shape index (κ3) is 7.00. The Labute approximate surface area is 271 Å². The highest BCUT2D eigenvalue weighted by Crippen LogP contribution is 2.38. The maximum absolute atomic E-state index is 13.8. The van der Waals surface area contributed by atoms with Gasteiger partial charge in [0.25, 0.3) is 0 Å². The molecule has 1 aromatic heterocycles. The minimum Gasteiger partial charge on any atom is -0.406 e. The van der Waals surface area contributed by atoms with E-state index in [1.54, 1.807) is 12.1 Å². The Kier molecular flexibility index (Phi) is 8.97. The van der Waals surface area contributed by atoms with Gasteiger partial charge in [0.05, 0.1) is 38.6 Å². The second-order valence-electron chi connectivity index (χ2n) is 10.7. The fourth-order valence-corrected chi connectivity index (χ4v) is 5.87. The lowest BCUT2D eigenvalue weighted by Gasteiger charge is -2.30. The highest BCUT2D eigenvalue weighted by Gasteiger charge is 2.32. The van der Waals surface area contributed by atoms with Gasteiger partial charge in [-0.05, 0) is 74.0 Å². The molecule has 5 N–H and O–H groups in total. The normalized spacial score (nSPS) is 16.0. The summed E-state index contributed by atoms with van der Waals surface area (Å²) in [7, 11) is 0. The molecule has 46 heavy (non-hydrogen) atoms. The first kappa shape index (κ1) is 31.5. The summed E-state index contributed by atoms with van der Waals surface area (Å²) in [5.41, 5.74) is 9.66. The largest absolute Gasteiger partial charge is 0.573 e. The van der Waals surface area contributed by atoms with E-state index in [1.165, 1.54) is 48.7 Å². The Morgan fingerprint density at radius 3 is 2.46 bits per heavy atom. The zero-order chi connectivity index (χ0) is 32.4. The topological polar surface area (TPSA) is 109 Å². The summed E-state index contributed by atoms with van der Waals surface area (Å²) in [6.45, 7) is 1.76. The van der Waals surface area contributed by atoms with Crippen LogP contribution >= 0.6 is 23.2 Å². The summed E-state index contributed by atoms with van der Waals surface area (Å²) >= 11 is 12.7. The molecule has 0 amide bonds. The fraction of sp³-hybridized carbons (Fsp3) is 0.226. The monoisotopic (exact) mass is 672 g/mol. The van der Waals surface area contributed by atoms with E-state index in [9.17, 15) is 22.8 Å². The number of benzene rings is 3. The van der Waals surface area contributed by atoms with E-state index >= 15 is 0 Å². The summed E-state index contributed by atoms with van der Waals surface area (Å²) in [6, 6.07) is 14.8. The summed E-state index contributed by atoms with van der Waals surface area (Å²) in [5, 5.41) is 22.5. The standard InChI is InChI=1S/C31H26Cl2F4N8O/c32-24-12-19(3-6-26(24)34)41-28-18(14-38)15-40-30-23(28)11-20(13-25(30)33)42-29(17-1-4-22(5-2-17)46-31(35,36)37)27-16-45(44-43-27)21-7-9-39-10-8-21/h1-6,11-13,15-16,21,29,39,42-44H,7-10H2,(H,40,41). The third-order valence-corrected chi connectivity index (χ3v) is 8.19. The lowest BCUT2D eigenvalue weighted by molar-refractivity contribution is -0.274. The number of alkyl halides is 3. The molecule has 4 aromatic rings. The number of fused-ring (bicyclic) bond motifs is 1. The molecule has 6 rings (SSSR count). The number of aromatic nitrogens is 1. The lowest BCUT2D eigenvalue weighted by atomic mass is 10.0. The van der Waals surface area contributed by atoms with Crippen molar-refractivity contribution in [3.63, 3.8) is 0 Å². The Morgan fingerprint density at radius 2 is 1.76 bits per heavy atom. The third-order valence-electron chi connectivity index (χ3n) is 7.61. The van der Waals surface area contributed by atoms with Crippen LogP contribution in [0.4, 0.5) is 34.6 Å². The maximum Gasteiger partial charge on any atom is 0.573 e. The predicted octanol–water partition coefficient (Wildman–Crippen LogP) is 7.27. The van der Waals surface area contributed by atoms with Gasteiger partial charge < -0.3 is 26.1 Å². The Morgan fingerprint density at radius 1 is 1.02 bits per heavy atom. The van der Waals surface area contributed by atoms with Crippen molar-refractivity contribution >= 4 is 51.2 Å². The number of rotatable bonds is 8. The van der Waals surface area contributed by atoms with Crippen molar-refractivity contribution in [2.45, 2.75) is 31.3 Å². The number of halogens is 6. The molecule has 2 aliphatic heterocycles. The molecule has 15 heteroatoms. The van der Waals surface area contributed by atoms with E-state index in [0.717, 1.165) is 25.9 Å². The molecular weight excluding hydrogens is 647 g/mol. The summed E-state index contributed by atoms with van der Waals surface area (Å²) in [5.74, 6) is -0.938. The van der Waals surface area contributed by atoms with Gasteiger partial charge in [0.2, 0.25) is 0 Å². The van der Waals surface area contributed by atoms with Crippen LogP contribution in [0.15, 0.2) is 72.7 Å². The number of nitrogens with zero attached hydrogens (tertiary/aromatic N) is 3. The molecule has 0 aliphatic carbocycles. The molecule has 1 saturated heterocycles. The van der Waals surface area contributed by atoms with E-state index in [4.69, 9.17) is 23.2 Å². The first-order chi connectivity index (χ1) is 22.1. The zero-order valence-corrected chi connectivity index (χ0v) is 25.4. The molecule has 0 saturated carbocycles. The van der Waals surface area contributed by atoms with E-state index in [1.807, 2.05) is 11.2 Å². The first-order valence-electron chi connectivity index (χ1n) is 14.2. The molecule has 9 nitrogen and oxygen atoms in total. The number of hydrogen-bond donors (Lipinski definition) is 5. The van der Waals surface area contributed by atoms with Crippen LogP contribution in [0.3, 0.4) is 0 Å². The predicted molar refractivity (Wildman–Crippen MR) is 168 cm³/mol. The van der Waals surface area contributed by atoms with Crippen molar-refractivity contribution in [3.8, 4) is 11.8 Å². The number of ether oxygens (including phenoxy) is 1. The van der Waals surface area contributed by atoms with Crippen LogP contribution in [-0.4, -0.2) is 35.5 Å². The highest BCUT2D eigenvalue weighted by molar-refractivity contribution is 6.36. The van der Waals surface area contributed by atoms with E-state index in [0.29, 0.717) is 39.2 Å². The number of pyridine rings is 1. The van der Waals surface area contributed by atoms with Gasteiger partial charge in [-0.1, -0.05) is 35.3 Å². The Hall–Kier alpha value is -4.48. The summed E-state index contributed by atoms with van der Waals surface area (Å²) in [6.07, 6.45) is 0.331. The van der Waals surface area contributed by atoms with Gasteiger partial charge in [0, 0.05) is 35.2 Å². The molecular formula is C31H26Cl2F4N8O. The van der Waals surface area contributed by atoms with Crippen molar-refractivity contribution in [1.82, 2.24) is 26.3 Å². The summed E-state index contributed by atoms with van der Waals surface area (Å²) in [4.78, 5) is 4.38. The average molecular weight is 674 g/mol. The van der Waals surface area contributed by atoms with Gasteiger partial charge in [-0.2, -0.15) is 5.26 Å². The van der Waals surface area contributed by atoms with Crippen LogP contribution in [0.2, 0.25) is 10.0 Å². The zero-order valence-electron chi connectivity index (χ0n) is 23.9. The van der Waals surface area contributed by atoms with Crippen molar-refractivity contribution in [2.75, 3.05) is 23.7 Å². The van der Waals surface area contributed by atoms with E-state index < -0.39 is 18.2 Å². The number of hydrazine groups is 2. The highest BCUT2D eigenvalue weighted by atomic mass is 35.5. The van der Waals surface area contributed by atoms with Crippen molar-refractivity contribution in [3.05, 3.63) is 99.7 Å². The molecule has 1 unspecified atom stereocenters. The van der Waals surface area contributed by atoms with Crippen LogP contribution in [0.25, 0.3) is 10.9 Å². The molecule has 0 radical (unpaired) electrons. The minimum absolute atomic E-state index is 0.0961. The van der Waals surface area contributed by atoms with Crippen LogP contribution in [-0.2, 0) is 0 Å². The molecule has 3 aromatic carbocycles. The van der Waals surface area contributed by atoms with Gasteiger partial charge >= 0.3 is 6.36 Å². The average Bonchev–Trinajstić information content (AvgIpc) is 3.52. The smallest absolute Gasteiger partial charge is 0.406 e. The molecule has 2 aliphatic rings. The van der Waals surface area contributed by atoms with Crippen LogP contribution in [0, 0.1) is 17.1 Å². The molecule has 238 valence electrons. The number of nitrogens with one attached hydrogen (secondary N) is 5. The van der Waals surface area contributed by atoms with Gasteiger partial charge in [-0.3, -0.25) is 9.99 Å². The number of nitriles is 1. The second kappa shape index (κ2) is 13.1. The molecule has 1 atom stereocenters. The number of anilines is 3. The van der Waals surface area contributed by atoms with Gasteiger partial charge in [0.15, 0.2) is 0 Å². The van der Waals surface area contributed by atoms with Gasteiger partial charge in [-0.25, -0.2) is 4.39 Å². The number of hydrogen-bond acceptors (Lipinski definition) is 9. The van der Waals surface area contributed by atoms with E-state index in [-0.39, 0.29) is 27.4 Å². The quantitative estimate of drug-likeness (QED) is 0.124. The lowest BCUT2D eigenvalue weighted by Crippen LogP contribution is -2.47. The summed E-state index contributed by atoms with van der Waals surface area (Å²) < 4.78 is 56.4. The Bertz CT molecular complexity index is 1830. The maximum atomic E-state index is 13.8.